The maximum atomic E-state index is 12.7. The molecule has 27 heavy (non-hydrogen) atoms. The van der Waals surface area contributed by atoms with Crippen molar-refractivity contribution < 1.29 is 9.32 Å². The zero-order chi connectivity index (χ0) is 19.0. The van der Waals surface area contributed by atoms with Gasteiger partial charge in [0.1, 0.15) is 11.3 Å². The molecule has 3 aromatic rings. The predicted molar refractivity (Wildman–Crippen MR) is 101 cm³/mol. The van der Waals surface area contributed by atoms with E-state index >= 15 is 0 Å². The summed E-state index contributed by atoms with van der Waals surface area (Å²) >= 11 is 0. The van der Waals surface area contributed by atoms with Gasteiger partial charge in [0.15, 0.2) is 0 Å². The van der Waals surface area contributed by atoms with E-state index in [4.69, 9.17) is 4.52 Å². The molecule has 0 N–H and O–H groups in total. The number of piperidine rings is 1. The summed E-state index contributed by atoms with van der Waals surface area (Å²) in [5.41, 5.74) is 1.92. The normalized spacial score (nSPS) is 15.4. The predicted octanol–water partition coefficient (Wildman–Crippen LogP) is 2.55. The topological polar surface area (TPSA) is 81.2 Å². The quantitative estimate of drug-likeness (QED) is 0.712. The summed E-state index contributed by atoms with van der Waals surface area (Å²) in [6.45, 7) is 5.52. The van der Waals surface area contributed by atoms with E-state index in [1.54, 1.807) is 24.7 Å². The number of hydrogen-bond acceptors (Lipinski definition) is 5. The summed E-state index contributed by atoms with van der Waals surface area (Å²) in [7, 11) is 0. The molecular formula is C20H22N4O3. The molecule has 7 nitrogen and oxygen atoms in total. The second-order valence-electron chi connectivity index (χ2n) is 7.15. The lowest BCUT2D eigenvalue weighted by Crippen LogP contribution is -2.40. The van der Waals surface area contributed by atoms with E-state index in [0.29, 0.717) is 48.0 Å². The van der Waals surface area contributed by atoms with Crippen LogP contribution < -0.4 is 5.56 Å². The Bertz CT molecular complexity index is 1030. The van der Waals surface area contributed by atoms with E-state index in [-0.39, 0.29) is 11.5 Å². The Hall–Kier alpha value is -2.96. The van der Waals surface area contributed by atoms with Gasteiger partial charge in [-0.3, -0.25) is 14.2 Å². The Labute approximate surface area is 156 Å². The summed E-state index contributed by atoms with van der Waals surface area (Å²) in [5, 5.41) is 4.51. The molecule has 7 heteroatoms. The molecule has 1 aliphatic rings. The molecule has 0 unspecified atom stereocenters. The first kappa shape index (κ1) is 17.5. The molecule has 0 saturated carbocycles. The Morgan fingerprint density at radius 2 is 1.96 bits per heavy atom. The molecule has 0 spiro atoms. The van der Waals surface area contributed by atoms with E-state index < -0.39 is 0 Å². The molecule has 2 aromatic heterocycles. The average molecular weight is 366 g/mol. The lowest BCUT2D eigenvalue weighted by molar-refractivity contribution is 0.0680. The third kappa shape index (κ3) is 3.25. The van der Waals surface area contributed by atoms with Crippen LogP contribution >= 0.6 is 0 Å². The first-order chi connectivity index (χ1) is 13.0. The van der Waals surface area contributed by atoms with Gasteiger partial charge in [0, 0.05) is 19.6 Å². The molecule has 1 aliphatic heterocycles. The second-order valence-corrected chi connectivity index (χ2v) is 7.15. The van der Waals surface area contributed by atoms with Gasteiger partial charge in [0.2, 0.25) is 0 Å². The van der Waals surface area contributed by atoms with Crippen molar-refractivity contribution in [3.63, 3.8) is 0 Å². The largest absolute Gasteiger partial charge is 0.361 e. The minimum atomic E-state index is -0.0192. The minimum absolute atomic E-state index is 0.00479. The smallest absolute Gasteiger partial charge is 0.261 e. The summed E-state index contributed by atoms with van der Waals surface area (Å²) < 4.78 is 6.81. The molecule has 1 amide bonds. The van der Waals surface area contributed by atoms with Gasteiger partial charge < -0.3 is 9.42 Å². The highest BCUT2D eigenvalue weighted by molar-refractivity contribution is 5.96. The number of nitrogens with zero attached hydrogens (tertiary/aromatic N) is 4. The highest BCUT2D eigenvalue weighted by Gasteiger charge is 2.27. The van der Waals surface area contributed by atoms with Gasteiger partial charge in [-0.15, -0.1) is 0 Å². The van der Waals surface area contributed by atoms with Crippen LogP contribution in [0.2, 0.25) is 0 Å². The fourth-order valence-corrected chi connectivity index (χ4v) is 3.78. The van der Waals surface area contributed by atoms with Crippen LogP contribution in [0.1, 0.15) is 34.7 Å². The van der Waals surface area contributed by atoms with E-state index in [9.17, 15) is 9.59 Å². The van der Waals surface area contributed by atoms with E-state index in [2.05, 4.69) is 10.1 Å². The van der Waals surface area contributed by atoms with Crippen molar-refractivity contribution in [3.8, 4) is 0 Å². The van der Waals surface area contributed by atoms with Crippen LogP contribution in [0.15, 0.2) is 39.9 Å². The van der Waals surface area contributed by atoms with Crippen molar-refractivity contribution >= 4 is 16.8 Å². The molecule has 4 rings (SSSR count). The maximum Gasteiger partial charge on any atom is 0.261 e. The highest BCUT2D eigenvalue weighted by atomic mass is 16.5. The minimum Gasteiger partial charge on any atom is -0.361 e. The molecule has 1 saturated heterocycles. The van der Waals surface area contributed by atoms with Crippen LogP contribution in [0.25, 0.3) is 10.9 Å². The SMILES string of the molecule is Cc1noc(C)c1C(=O)N1CCC(Cn2cnc3ccccc3c2=O)CC1. The number of hydrogen-bond donors (Lipinski definition) is 0. The molecule has 3 heterocycles. The van der Waals surface area contributed by atoms with Crippen LogP contribution in [0.4, 0.5) is 0 Å². The number of aromatic nitrogens is 3. The number of aryl methyl sites for hydroxylation is 2. The van der Waals surface area contributed by atoms with Gasteiger partial charge in [-0.05, 0) is 44.7 Å². The Morgan fingerprint density at radius 1 is 1.22 bits per heavy atom. The monoisotopic (exact) mass is 366 g/mol. The first-order valence-electron chi connectivity index (χ1n) is 9.21. The van der Waals surface area contributed by atoms with Crippen molar-refractivity contribution in [2.45, 2.75) is 33.2 Å². The second kappa shape index (κ2) is 6.98. The fraction of sp³-hybridized carbons (Fsp3) is 0.400. The maximum absolute atomic E-state index is 12.7. The fourth-order valence-electron chi connectivity index (χ4n) is 3.78. The number of carbonyl (C=O) groups is 1. The Balaban J connectivity index is 1.44. The van der Waals surface area contributed by atoms with Gasteiger partial charge in [-0.25, -0.2) is 4.98 Å². The molecule has 1 fully saturated rings. The number of likely N-dealkylation sites (tertiary alicyclic amines) is 1. The van der Waals surface area contributed by atoms with Crippen molar-refractivity contribution in [2.75, 3.05) is 13.1 Å². The number of benzene rings is 1. The molecule has 0 bridgehead atoms. The van der Waals surface area contributed by atoms with Crippen LogP contribution in [-0.2, 0) is 6.54 Å². The number of carbonyl (C=O) groups excluding carboxylic acids is 1. The molecular weight excluding hydrogens is 344 g/mol. The van der Waals surface area contributed by atoms with Crippen LogP contribution in [0.5, 0.6) is 0 Å². The summed E-state index contributed by atoms with van der Waals surface area (Å²) in [5.74, 6) is 0.891. The summed E-state index contributed by atoms with van der Waals surface area (Å²) in [6.07, 6.45) is 3.34. The molecule has 140 valence electrons. The van der Waals surface area contributed by atoms with Crippen molar-refractivity contribution in [1.29, 1.82) is 0 Å². The van der Waals surface area contributed by atoms with Gasteiger partial charge in [0.25, 0.3) is 11.5 Å². The molecule has 0 atom stereocenters. The zero-order valence-electron chi connectivity index (χ0n) is 15.5. The van der Waals surface area contributed by atoms with Crippen LogP contribution in [0.3, 0.4) is 0 Å². The van der Waals surface area contributed by atoms with Crippen molar-refractivity contribution in [1.82, 2.24) is 19.6 Å². The lowest BCUT2D eigenvalue weighted by atomic mass is 9.96. The summed E-state index contributed by atoms with van der Waals surface area (Å²) in [6, 6.07) is 7.39. The number of fused-ring (bicyclic) bond motifs is 1. The van der Waals surface area contributed by atoms with Gasteiger partial charge in [-0.1, -0.05) is 17.3 Å². The molecule has 0 aliphatic carbocycles. The van der Waals surface area contributed by atoms with Crippen LogP contribution in [0, 0.1) is 19.8 Å². The van der Waals surface area contributed by atoms with E-state index in [0.717, 1.165) is 18.4 Å². The highest BCUT2D eigenvalue weighted by Crippen LogP contribution is 2.22. The Morgan fingerprint density at radius 3 is 2.67 bits per heavy atom. The number of para-hydroxylation sites is 1. The first-order valence-corrected chi connectivity index (χ1v) is 9.21. The molecule has 0 radical (unpaired) electrons. The lowest BCUT2D eigenvalue weighted by Gasteiger charge is -2.32. The standard InChI is InChI=1S/C20H22N4O3/c1-13-18(14(2)27-22-13)20(26)23-9-7-15(8-10-23)11-24-12-21-17-6-4-3-5-16(17)19(24)25/h3-6,12,15H,7-11H2,1-2H3. The van der Waals surface area contributed by atoms with E-state index in [1.807, 2.05) is 29.2 Å². The van der Waals surface area contributed by atoms with Gasteiger partial charge in [-0.2, -0.15) is 0 Å². The van der Waals surface area contributed by atoms with Crippen LogP contribution in [-0.4, -0.2) is 38.6 Å². The average Bonchev–Trinajstić information content (AvgIpc) is 3.02. The van der Waals surface area contributed by atoms with E-state index in [1.165, 1.54) is 0 Å². The molecule has 1 aromatic carbocycles. The van der Waals surface area contributed by atoms with Crippen molar-refractivity contribution in [3.05, 3.63) is 58.0 Å². The Kier molecular flexibility index (Phi) is 4.51. The number of amides is 1. The third-order valence-corrected chi connectivity index (χ3v) is 5.34. The van der Waals surface area contributed by atoms with Crippen molar-refractivity contribution in [2.24, 2.45) is 5.92 Å². The summed E-state index contributed by atoms with van der Waals surface area (Å²) in [4.78, 5) is 31.6. The third-order valence-electron chi connectivity index (χ3n) is 5.34. The van der Waals surface area contributed by atoms with Gasteiger partial charge in [0.05, 0.1) is 22.9 Å². The number of rotatable bonds is 3. The van der Waals surface area contributed by atoms with Gasteiger partial charge >= 0.3 is 0 Å². The zero-order valence-corrected chi connectivity index (χ0v) is 15.5.